The van der Waals surface area contributed by atoms with Gasteiger partial charge >= 0.3 is 0 Å². The second kappa shape index (κ2) is 7.63. The van der Waals surface area contributed by atoms with Gasteiger partial charge in [0.2, 0.25) is 11.8 Å². The van der Waals surface area contributed by atoms with Gasteiger partial charge in [-0.2, -0.15) is 0 Å². The Morgan fingerprint density at radius 1 is 1.17 bits per heavy atom. The van der Waals surface area contributed by atoms with Crippen LogP contribution in [0.3, 0.4) is 0 Å². The minimum absolute atomic E-state index is 0.0619. The summed E-state index contributed by atoms with van der Waals surface area (Å²) in [4.78, 5) is 44.5. The minimum Gasteiger partial charge on any atom is -0.337 e. The predicted molar refractivity (Wildman–Crippen MR) is 113 cm³/mol. The standard InChI is InChI=1S/C22H25N3O3S/c1-4-25-19(27)13-23(3)21(28)20-16-9-10-24(12-17(16)29-22(20)25)18(26)11-15-8-6-5-7-14(15)2/h5-8H,4,9-13H2,1-3H3. The average molecular weight is 412 g/mol. The molecule has 29 heavy (non-hydrogen) atoms. The van der Waals surface area contributed by atoms with Crippen molar-refractivity contribution in [2.24, 2.45) is 0 Å². The maximum absolute atomic E-state index is 12.9. The molecule has 3 amide bonds. The van der Waals surface area contributed by atoms with Crippen molar-refractivity contribution in [3.05, 3.63) is 51.4 Å². The van der Waals surface area contributed by atoms with Gasteiger partial charge in [-0.05, 0) is 37.0 Å². The van der Waals surface area contributed by atoms with Crippen LogP contribution in [0.25, 0.3) is 0 Å². The molecule has 0 aliphatic carbocycles. The van der Waals surface area contributed by atoms with Gasteiger partial charge in [-0.25, -0.2) is 0 Å². The normalized spacial score (nSPS) is 16.6. The Morgan fingerprint density at radius 2 is 1.93 bits per heavy atom. The van der Waals surface area contributed by atoms with Gasteiger partial charge in [0, 0.05) is 25.0 Å². The zero-order chi connectivity index (χ0) is 20.7. The molecule has 0 radical (unpaired) electrons. The minimum atomic E-state index is -0.0958. The number of likely N-dealkylation sites (N-methyl/N-ethyl adjacent to an activating group) is 2. The number of aryl methyl sites for hydroxylation is 1. The molecule has 4 rings (SSSR count). The molecular weight excluding hydrogens is 386 g/mol. The van der Waals surface area contributed by atoms with E-state index in [2.05, 4.69) is 0 Å². The van der Waals surface area contributed by atoms with Gasteiger partial charge in [0.15, 0.2) is 0 Å². The van der Waals surface area contributed by atoms with Crippen LogP contribution in [0.4, 0.5) is 5.00 Å². The van der Waals surface area contributed by atoms with Gasteiger partial charge in [0.1, 0.15) is 11.5 Å². The number of hydrogen-bond acceptors (Lipinski definition) is 4. The third kappa shape index (κ3) is 3.44. The summed E-state index contributed by atoms with van der Waals surface area (Å²) in [6, 6.07) is 7.95. The summed E-state index contributed by atoms with van der Waals surface area (Å²) in [6.45, 7) is 5.67. The van der Waals surface area contributed by atoms with Crippen molar-refractivity contribution < 1.29 is 14.4 Å². The lowest BCUT2D eigenvalue weighted by molar-refractivity contribution is -0.131. The molecule has 0 atom stereocenters. The molecule has 0 N–H and O–H groups in total. The maximum Gasteiger partial charge on any atom is 0.257 e. The van der Waals surface area contributed by atoms with Crippen molar-refractivity contribution in [1.82, 2.24) is 9.80 Å². The third-order valence-corrected chi connectivity index (χ3v) is 7.03. The lowest BCUT2D eigenvalue weighted by Gasteiger charge is -2.28. The number of amides is 3. The number of fused-ring (bicyclic) bond motifs is 3. The van der Waals surface area contributed by atoms with Crippen LogP contribution in [-0.2, 0) is 29.0 Å². The van der Waals surface area contributed by atoms with Crippen molar-refractivity contribution in [2.75, 3.05) is 31.6 Å². The number of nitrogens with zero attached hydrogens (tertiary/aromatic N) is 3. The van der Waals surface area contributed by atoms with Crippen LogP contribution in [0.1, 0.15) is 38.8 Å². The highest BCUT2D eigenvalue weighted by Crippen LogP contribution is 2.41. The molecular formula is C22H25N3O3S. The number of carbonyl (C=O) groups is 3. The van der Waals surface area contributed by atoms with Crippen molar-refractivity contribution in [1.29, 1.82) is 0 Å². The molecule has 152 valence electrons. The van der Waals surface area contributed by atoms with E-state index in [4.69, 9.17) is 0 Å². The largest absolute Gasteiger partial charge is 0.337 e. The highest BCUT2D eigenvalue weighted by atomic mass is 32.1. The maximum atomic E-state index is 12.9. The van der Waals surface area contributed by atoms with Crippen LogP contribution in [0.5, 0.6) is 0 Å². The fraction of sp³-hybridized carbons (Fsp3) is 0.409. The second-order valence-corrected chi connectivity index (χ2v) is 8.74. The van der Waals surface area contributed by atoms with Crippen LogP contribution in [0.2, 0.25) is 0 Å². The van der Waals surface area contributed by atoms with Gasteiger partial charge in [0.05, 0.1) is 18.5 Å². The molecule has 0 unspecified atom stereocenters. The van der Waals surface area contributed by atoms with Crippen molar-refractivity contribution in [2.45, 2.75) is 33.2 Å². The topological polar surface area (TPSA) is 60.9 Å². The van der Waals surface area contributed by atoms with E-state index in [-0.39, 0.29) is 24.3 Å². The van der Waals surface area contributed by atoms with Crippen molar-refractivity contribution in [3.63, 3.8) is 0 Å². The Hall–Kier alpha value is -2.67. The third-order valence-electron chi connectivity index (χ3n) is 5.79. The average Bonchev–Trinajstić information content (AvgIpc) is 3.03. The first kappa shape index (κ1) is 19.6. The molecule has 7 heteroatoms. The zero-order valence-corrected chi connectivity index (χ0v) is 17.8. The fourth-order valence-corrected chi connectivity index (χ4v) is 5.51. The van der Waals surface area contributed by atoms with Gasteiger partial charge in [-0.3, -0.25) is 14.4 Å². The van der Waals surface area contributed by atoms with E-state index in [0.717, 1.165) is 26.6 Å². The number of benzene rings is 1. The summed E-state index contributed by atoms with van der Waals surface area (Å²) in [5.41, 5.74) is 3.83. The van der Waals surface area contributed by atoms with E-state index in [9.17, 15) is 14.4 Å². The fourth-order valence-electron chi connectivity index (χ4n) is 4.08. The monoisotopic (exact) mass is 411 g/mol. The smallest absolute Gasteiger partial charge is 0.257 e. The highest BCUT2D eigenvalue weighted by Gasteiger charge is 2.36. The summed E-state index contributed by atoms with van der Waals surface area (Å²) < 4.78 is 0. The van der Waals surface area contributed by atoms with Crippen LogP contribution in [-0.4, -0.2) is 54.2 Å². The van der Waals surface area contributed by atoms with Crippen LogP contribution in [0, 0.1) is 6.92 Å². The Morgan fingerprint density at radius 3 is 2.66 bits per heavy atom. The molecule has 0 saturated heterocycles. The molecule has 0 bridgehead atoms. The lowest BCUT2D eigenvalue weighted by atomic mass is 10.0. The Kier molecular flexibility index (Phi) is 5.17. The van der Waals surface area contributed by atoms with Gasteiger partial charge in [-0.1, -0.05) is 24.3 Å². The number of hydrogen-bond donors (Lipinski definition) is 0. The van der Waals surface area contributed by atoms with Crippen LogP contribution in [0.15, 0.2) is 24.3 Å². The molecule has 6 nitrogen and oxygen atoms in total. The molecule has 2 aromatic rings. The first-order valence-corrected chi connectivity index (χ1v) is 10.7. The molecule has 1 aromatic heterocycles. The summed E-state index contributed by atoms with van der Waals surface area (Å²) >= 11 is 1.49. The Balaban J connectivity index is 1.62. The van der Waals surface area contributed by atoms with Crippen LogP contribution >= 0.6 is 11.3 Å². The van der Waals surface area contributed by atoms with Gasteiger partial charge in [0.25, 0.3) is 5.91 Å². The van der Waals surface area contributed by atoms with Gasteiger partial charge < -0.3 is 14.7 Å². The lowest BCUT2D eigenvalue weighted by Crippen LogP contribution is -2.38. The van der Waals surface area contributed by atoms with Crippen molar-refractivity contribution in [3.8, 4) is 0 Å². The SMILES string of the molecule is CCN1C(=O)CN(C)C(=O)c2c1sc1c2CCN(C(=O)Cc2ccccc2C)C1. The predicted octanol–water partition coefficient (Wildman–Crippen LogP) is 2.62. The summed E-state index contributed by atoms with van der Waals surface area (Å²) in [6.07, 6.45) is 1.03. The summed E-state index contributed by atoms with van der Waals surface area (Å²) in [7, 11) is 1.67. The molecule has 0 fully saturated rings. The second-order valence-electron chi connectivity index (χ2n) is 7.65. The number of thiophene rings is 1. The van der Waals surface area contributed by atoms with E-state index in [1.807, 2.05) is 43.0 Å². The van der Waals surface area contributed by atoms with E-state index < -0.39 is 0 Å². The first-order valence-electron chi connectivity index (χ1n) is 9.93. The Bertz CT molecular complexity index is 997. The molecule has 0 spiro atoms. The zero-order valence-electron chi connectivity index (χ0n) is 17.0. The quantitative estimate of drug-likeness (QED) is 0.780. The summed E-state index contributed by atoms with van der Waals surface area (Å²) in [5, 5.41) is 0.741. The number of anilines is 1. The Labute approximate surface area is 174 Å². The van der Waals surface area contributed by atoms with E-state index >= 15 is 0 Å². The van der Waals surface area contributed by atoms with Gasteiger partial charge in [-0.15, -0.1) is 11.3 Å². The van der Waals surface area contributed by atoms with Crippen molar-refractivity contribution >= 4 is 34.1 Å². The molecule has 2 aliphatic rings. The molecule has 3 heterocycles. The summed E-state index contributed by atoms with van der Waals surface area (Å²) in [5.74, 6) is -0.0601. The first-order chi connectivity index (χ1) is 13.9. The number of rotatable bonds is 3. The van der Waals surface area contributed by atoms with Crippen LogP contribution < -0.4 is 4.90 Å². The molecule has 1 aromatic carbocycles. The van der Waals surface area contributed by atoms with E-state index in [0.29, 0.717) is 38.0 Å². The molecule has 2 aliphatic heterocycles. The highest BCUT2D eigenvalue weighted by molar-refractivity contribution is 7.17. The van der Waals surface area contributed by atoms with E-state index in [1.54, 1.807) is 11.9 Å². The number of carbonyl (C=O) groups excluding carboxylic acids is 3. The molecule has 0 saturated carbocycles. The van der Waals surface area contributed by atoms with E-state index in [1.165, 1.54) is 16.2 Å².